The normalized spacial score (nSPS) is 10.7. The summed E-state index contributed by atoms with van der Waals surface area (Å²) in [6, 6.07) is 9.92. The monoisotopic (exact) mass is 399 g/mol. The number of carbonyl (C=O) groups excluding carboxylic acids is 1. The number of hydrogen-bond donors (Lipinski definition) is 2. The summed E-state index contributed by atoms with van der Waals surface area (Å²) in [5, 5.41) is 8.97. The lowest BCUT2D eigenvalue weighted by molar-refractivity contribution is -0.119. The molecule has 0 bridgehead atoms. The number of benzene rings is 1. The van der Waals surface area contributed by atoms with Crippen molar-refractivity contribution in [2.45, 2.75) is 6.92 Å². The highest BCUT2D eigenvalue weighted by Crippen LogP contribution is 2.17. The van der Waals surface area contributed by atoms with Crippen LogP contribution in [0.2, 0.25) is 0 Å². The van der Waals surface area contributed by atoms with Crippen molar-refractivity contribution < 1.29 is 4.79 Å². The summed E-state index contributed by atoms with van der Waals surface area (Å²) in [5.74, 6) is -0.171. The van der Waals surface area contributed by atoms with E-state index in [1.807, 2.05) is 36.6 Å². The molecule has 0 saturated carbocycles. The first-order valence-corrected chi connectivity index (χ1v) is 7.96. The zero-order valence-electron chi connectivity index (χ0n) is 10.9. The van der Waals surface area contributed by atoms with Gasteiger partial charge in [0.05, 0.1) is 12.8 Å². The summed E-state index contributed by atoms with van der Waals surface area (Å²) in [6.07, 6.45) is 1.64. The van der Waals surface area contributed by atoms with Crippen molar-refractivity contribution in [3.8, 4) is 0 Å². The number of hydrazone groups is 1. The second-order valence-corrected chi connectivity index (χ2v) is 6.35. The van der Waals surface area contributed by atoms with E-state index in [-0.39, 0.29) is 12.5 Å². The Morgan fingerprint density at radius 1 is 1.45 bits per heavy atom. The molecule has 4 nitrogen and oxygen atoms in total. The van der Waals surface area contributed by atoms with E-state index in [4.69, 9.17) is 0 Å². The minimum absolute atomic E-state index is 0.171. The van der Waals surface area contributed by atoms with Gasteiger partial charge in [0, 0.05) is 14.1 Å². The molecule has 2 aromatic rings. The minimum atomic E-state index is -0.171. The maximum Gasteiger partial charge on any atom is 0.259 e. The van der Waals surface area contributed by atoms with Gasteiger partial charge in [0.1, 0.15) is 0 Å². The number of rotatable bonds is 5. The lowest BCUT2D eigenvalue weighted by Gasteiger charge is -2.08. The summed E-state index contributed by atoms with van der Waals surface area (Å²) in [7, 11) is 0. The first-order valence-electron chi connectivity index (χ1n) is 6.00. The van der Waals surface area contributed by atoms with Crippen molar-refractivity contribution in [1.29, 1.82) is 0 Å². The predicted octanol–water partition coefficient (Wildman–Crippen LogP) is 3.22. The second kappa shape index (κ2) is 7.39. The van der Waals surface area contributed by atoms with Gasteiger partial charge in [-0.15, -0.1) is 11.3 Å². The zero-order valence-corrected chi connectivity index (χ0v) is 13.9. The largest absolute Gasteiger partial charge is 0.376 e. The van der Waals surface area contributed by atoms with E-state index in [1.54, 1.807) is 17.6 Å². The van der Waals surface area contributed by atoms with Gasteiger partial charge in [0.2, 0.25) is 0 Å². The van der Waals surface area contributed by atoms with Gasteiger partial charge in [0.15, 0.2) is 0 Å². The van der Waals surface area contributed by atoms with Crippen LogP contribution in [-0.4, -0.2) is 18.7 Å². The highest BCUT2D eigenvalue weighted by molar-refractivity contribution is 14.1. The highest BCUT2D eigenvalue weighted by Gasteiger charge is 2.02. The quantitative estimate of drug-likeness (QED) is 0.461. The van der Waals surface area contributed by atoms with E-state index < -0.39 is 0 Å². The van der Waals surface area contributed by atoms with Crippen molar-refractivity contribution in [1.82, 2.24) is 5.43 Å². The molecule has 0 spiro atoms. The number of hydrogen-bond acceptors (Lipinski definition) is 4. The Morgan fingerprint density at radius 2 is 2.30 bits per heavy atom. The van der Waals surface area contributed by atoms with Gasteiger partial charge in [-0.1, -0.05) is 6.07 Å². The van der Waals surface area contributed by atoms with E-state index >= 15 is 0 Å². The Bertz CT molecular complexity index is 611. The van der Waals surface area contributed by atoms with Crippen molar-refractivity contribution in [3.63, 3.8) is 0 Å². The average molecular weight is 399 g/mol. The third-order valence-corrected chi connectivity index (χ3v) is 4.03. The van der Waals surface area contributed by atoms with Crippen LogP contribution in [0.15, 0.2) is 40.8 Å². The number of aryl methyl sites for hydroxylation is 1. The predicted molar refractivity (Wildman–Crippen MR) is 92.4 cm³/mol. The fourth-order valence-electron chi connectivity index (χ4n) is 1.57. The van der Waals surface area contributed by atoms with Crippen LogP contribution in [0.3, 0.4) is 0 Å². The van der Waals surface area contributed by atoms with Crippen molar-refractivity contribution >= 4 is 51.7 Å². The third-order valence-electron chi connectivity index (χ3n) is 2.55. The summed E-state index contributed by atoms with van der Waals surface area (Å²) in [4.78, 5) is 12.6. The molecular formula is C14H14IN3OS. The van der Waals surface area contributed by atoms with Crippen LogP contribution in [0.4, 0.5) is 5.69 Å². The molecule has 1 heterocycles. The molecule has 2 rings (SSSR count). The lowest BCUT2D eigenvalue weighted by Crippen LogP contribution is -2.26. The van der Waals surface area contributed by atoms with Crippen LogP contribution in [0, 0.1) is 10.5 Å². The van der Waals surface area contributed by atoms with Crippen LogP contribution in [-0.2, 0) is 4.79 Å². The Labute approximate surface area is 135 Å². The van der Waals surface area contributed by atoms with E-state index in [0.717, 1.165) is 16.1 Å². The van der Waals surface area contributed by atoms with Crippen molar-refractivity contribution in [2.75, 3.05) is 11.9 Å². The molecule has 2 N–H and O–H groups in total. The van der Waals surface area contributed by atoms with Crippen LogP contribution >= 0.6 is 33.9 Å². The van der Waals surface area contributed by atoms with Gasteiger partial charge in [-0.3, -0.25) is 4.79 Å². The lowest BCUT2D eigenvalue weighted by atomic mass is 10.2. The zero-order chi connectivity index (χ0) is 14.4. The molecular weight excluding hydrogens is 385 g/mol. The molecule has 0 aliphatic heterocycles. The number of halogens is 1. The molecule has 1 amide bonds. The van der Waals surface area contributed by atoms with E-state index in [9.17, 15) is 4.79 Å². The number of nitrogens with one attached hydrogen (secondary N) is 2. The number of thiophene rings is 1. The molecule has 0 aliphatic carbocycles. The number of amides is 1. The first-order chi connectivity index (χ1) is 9.65. The van der Waals surface area contributed by atoms with Crippen LogP contribution in [0.25, 0.3) is 0 Å². The first kappa shape index (κ1) is 15.0. The van der Waals surface area contributed by atoms with E-state index in [1.165, 1.54) is 3.57 Å². The molecule has 0 saturated heterocycles. The molecule has 0 radical (unpaired) electrons. The molecule has 6 heteroatoms. The number of anilines is 1. The summed E-state index contributed by atoms with van der Waals surface area (Å²) < 4.78 is 1.18. The SMILES string of the molecule is Cc1cc(I)ccc1NCC(=O)N/N=C\c1cccs1. The highest BCUT2D eigenvalue weighted by atomic mass is 127. The van der Waals surface area contributed by atoms with Gasteiger partial charge in [-0.25, -0.2) is 5.43 Å². The maximum absolute atomic E-state index is 11.6. The van der Waals surface area contributed by atoms with Gasteiger partial charge >= 0.3 is 0 Å². The van der Waals surface area contributed by atoms with Crippen LogP contribution in [0.5, 0.6) is 0 Å². The van der Waals surface area contributed by atoms with Crippen molar-refractivity contribution in [3.05, 3.63) is 49.7 Å². The fraction of sp³-hybridized carbons (Fsp3) is 0.143. The van der Waals surface area contributed by atoms with Gasteiger partial charge in [-0.2, -0.15) is 5.10 Å². The smallest absolute Gasteiger partial charge is 0.259 e. The van der Waals surface area contributed by atoms with Crippen LogP contribution < -0.4 is 10.7 Å². The Morgan fingerprint density at radius 3 is 3.00 bits per heavy atom. The molecule has 104 valence electrons. The Kier molecular flexibility index (Phi) is 5.54. The van der Waals surface area contributed by atoms with E-state index in [0.29, 0.717) is 0 Å². The van der Waals surface area contributed by atoms with Gasteiger partial charge in [0.25, 0.3) is 5.91 Å². The second-order valence-electron chi connectivity index (χ2n) is 4.12. The molecule has 0 unspecified atom stereocenters. The van der Waals surface area contributed by atoms with Crippen LogP contribution in [0.1, 0.15) is 10.4 Å². The molecule has 1 aromatic heterocycles. The summed E-state index contributed by atoms with van der Waals surface area (Å²) in [6.45, 7) is 2.21. The topological polar surface area (TPSA) is 53.5 Å². The molecule has 1 aromatic carbocycles. The molecule has 20 heavy (non-hydrogen) atoms. The average Bonchev–Trinajstić information content (AvgIpc) is 2.91. The molecule has 0 fully saturated rings. The van der Waals surface area contributed by atoms with Gasteiger partial charge in [-0.05, 0) is 64.7 Å². The Balaban J connectivity index is 1.80. The number of nitrogens with zero attached hydrogens (tertiary/aromatic N) is 1. The van der Waals surface area contributed by atoms with E-state index in [2.05, 4.69) is 44.5 Å². The van der Waals surface area contributed by atoms with Gasteiger partial charge < -0.3 is 5.32 Å². The molecule has 0 aliphatic rings. The summed E-state index contributed by atoms with van der Waals surface area (Å²) in [5.41, 5.74) is 4.57. The fourth-order valence-corrected chi connectivity index (χ4v) is 2.80. The minimum Gasteiger partial charge on any atom is -0.376 e. The number of carbonyl (C=O) groups is 1. The maximum atomic E-state index is 11.6. The molecule has 0 atom stereocenters. The van der Waals surface area contributed by atoms with Crippen molar-refractivity contribution in [2.24, 2.45) is 5.10 Å². The summed E-state index contributed by atoms with van der Waals surface area (Å²) >= 11 is 3.83. The standard InChI is InChI=1S/C14H14IN3OS/c1-10-7-11(15)4-5-13(10)16-9-14(19)18-17-8-12-3-2-6-20-12/h2-8,16H,9H2,1H3,(H,18,19)/b17-8-. The third kappa shape index (κ3) is 4.61. The Hall–Kier alpha value is -1.41.